The zero-order valence-electron chi connectivity index (χ0n) is 16.5. The Morgan fingerprint density at radius 3 is 2.69 bits per heavy atom. The maximum absolute atomic E-state index is 12.9. The van der Waals surface area contributed by atoms with Gasteiger partial charge >= 0.3 is 5.97 Å². The van der Waals surface area contributed by atoms with Crippen molar-refractivity contribution in [1.29, 1.82) is 0 Å². The van der Waals surface area contributed by atoms with E-state index in [0.717, 1.165) is 19.3 Å². The van der Waals surface area contributed by atoms with Crippen LogP contribution in [0.3, 0.4) is 0 Å². The van der Waals surface area contributed by atoms with E-state index in [2.05, 4.69) is 24.9 Å². The summed E-state index contributed by atoms with van der Waals surface area (Å²) >= 11 is 4.19. The molecular weight excluding hydrogens is 354 g/mol. The van der Waals surface area contributed by atoms with Gasteiger partial charge < -0.3 is 10.5 Å². The molecule has 0 radical (unpaired) electrons. The second kappa shape index (κ2) is 11.1. The van der Waals surface area contributed by atoms with Crippen LogP contribution < -0.4 is 11.1 Å². The number of carbonyl (C=O) groups is 2. The molecule has 1 unspecified atom stereocenters. The lowest BCUT2D eigenvalue weighted by molar-refractivity contribution is -0.235. The van der Waals surface area contributed by atoms with Crippen LogP contribution in [-0.2, 0) is 19.2 Å². The standard InChI is InChI=1S/C18H35N3O4S/c1-5-6-7-8-25-21(16(22)9-13(2)3)18(20-10-15(19)12-26)14(4)11-24-17(18)23/h13-15,20,26H,5-12,19H2,1-4H3/t14-,15?,18-/m1/s1. The van der Waals surface area contributed by atoms with Crippen LogP contribution in [0.4, 0.5) is 0 Å². The first kappa shape index (κ1) is 23.2. The lowest BCUT2D eigenvalue weighted by atomic mass is 9.95. The molecule has 0 aliphatic carbocycles. The fourth-order valence-electron chi connectivity index (χ4n) is 2.90. The Bertz CT molecular complexity index is 464. The third-order valence-electron chi connectivity index (χ3n) is 4.46. The van der Waals surface area contributed by atoms with E-state index < -0.39 is 11.6 Å². The van der Waals surface area contributed by atoms with Crippen LogP contribution in [0.1, 0.15) is 53.4 Å². The van der Waals surface area contributed by atoms with Crippen LogP contribution >= 0.6 is 12.6 Å². The number of esters is 1. The molecule has 0 aromatic rings. The average Bonchev–Trinajstić information content (AvgIpc) is 2.87. The molecule has 0 aromatic heterocycles. The molecule has 0 saturated carbocycles. The van der Waals surface area contributed by atoms with E-state index in [1.807, 2.05) is 20.8 Å². The Labute approximate surface area is 162 Å². The molecule has 0 aromatic carbocycles. The molecule has 7 nitrogen and oxygen atoms in total. The van der Waals surface area contributed by atoms with E-state index >= 15 is 0 Å². The zero-order chi connectivity index (χ0) is 19.7. The summed E-state index contributed by atoms with van der Waals surface area (Å²) < 4.78 is 5.28. The molecule has 1 aliphatic heterocycles. The number of ether oxygens (including phenoxy) is 1. The van der Waals surface area contributed by atoms with Crippen LogP contribution in [0.5, 0.6) is 0 Å². The normalized spacial score (nSPS) is 24.0. The summed E-state index contributed by atoms with van der Waals surface area (Å²) in [4.78, 5) is 31.5. The summed E-state index contributed by atoms with van der Waals surface area (Å²) in [5.41, 5.74) is 4.61. The molecule has 1 amide bonds. The van der Waals surface area contributed by atoms with E-state index in [0.29, 0.717) is 18.9 Å². The first-order valence-electron chi connectivity index (χ1n) is 9.54. The molecule has 8 heteroatoms. The van der Waals surface area contributed by atoms with Gasteiger partial charge in [-0.15, -0.1) is 0 Å². The van der Waals surface area contributed by atoms with Crippen LogP contribution in [0.2, 0.25) is 0 Å². The lowest BCUT2D eigenvalue weighted by Crippen LogP contribution is -2.68. The topological polar surface area (TPSA) is 93.9 Å². The largest absolute Gasteiger partial charge is 0.462 e. The first-order valence-corrected chi connectivity index (χ1v) is 10.2. The number of cyclic esters (lactones) is 1. The summed E-state index contributed by atoms with van der Waals surface area (Å²) in [5, 5.41) is 4.40. The lowest BCUT2D eigenvalue weighted by Gasteiger charge is -2.40. The predicted octanol–water partition coefficient (Wildman–Crippen LogP) is 1.72. The highest BCUT2D eigenvalue weighted by Gasteiger charge is 2.57. The zero-order valence-corrected chi connectivity index (χ0v) is 17.4. The molecule has 0 spiro atoms. The van der Waals surface area contributed by atoms with E-state index in [9.17, 15) is 9.59 Å². The Kier molecular flexibility index (Phi) is 9.92. The van der Waals surface area contributed by atoms with Crippen LogP contribution in [0, 0.1) is 11.8 Å². The van der Waals surface area contributed by atoms with E-state index in [1.54, 1.807) is 0 Å². The van der Waals surface area contributed by atoms with Gasteiger partial charge in [-0.25, -0.2) is 4.79 Å². The Balaban J connectivity index is 3.09. The molecule has 152 valence electrons. The molecule has 1 heterocycles. The third-order valence-corrected chi connectivity index (χ3v) is 4.92. The molecule has 3 N–H and O–H groups in total. The number of unbranched alkanes of at least 4 members (excludes halogenated alkanes) is 2. The number of hydroxylamine groups is 2. The van der Waals surface area contributed by atoms with Gasteiger partial charge in [0.15, 0.2) is 0 Å². The number of amides is 1. The minimum Gasteiger partial charge on any atom is -0.462 e. The van der Waals surface area contributed by atoms with Gasteiger partial charge in [0.05, 0.1) is 13.2 Å². The predicted molar refractivity (Wildman–Crippen MR) is 104 cm³/mol. The van der Waals surface area contributed by atoms with Crippen molar-refractivity contribution in [3.05, 3.63) is 0 Å². The Hall–Kier alpha value is -0.830. The van der Waals surface area contributed by atoms with Gasteiger partial charge in [-0.3, -0.25) is 14.9 Å². The van der Waals surface area contributed by atoms with E-state index in [1.165, 1.54) is 5.06 Å². The number of rotatable bonds is 12. The maximum atomic E-state index is 12.9. The number of thiol groups is 1. The summed E-state index contributed by atoms with van der Waals surface area (Å²) in [6.45, 7) is 8.81. The van der Waals surface area contributed by atoms with Gasteiger partial charge in [0.2, 0.25) is 11.6 Å². The monoisotopic (exact) mass is 389 g/mol. The highest BCUT2D eigenvalue weighted by atomic mass is 32.1. The second-order valence-electron chi connectivity index (χ2n) is 7.42. The quantitative estimate of drug-likeness (QED) is 0.155. The van der Waals surface area contributed by atoms with Crippen molar-refractivity contribution >= 4 is 24.5 Å². The molecule has 1 fully saturated rings. The van der Waals surface area contributed by atoms with Crippen molar-refractivity contribution in [1.82, 2.24) is 10.4 Å². The number of hydrogen-bond donors (Lipinski definition) is 3. The van der Waals surface area contributed by atoms with Gasteiger partial charge in [0.25, 0.3) is 0 Å². The summed E-state index contributed by atoms with van der Waals surface area (Å²) in [6.07, 6.45) is 3.15. The van der Waals surface area contributed by atoms with Crippen molar-refractivity contribution in [3.63, 3.8) is 0 Å². The van der Waals surface area contributed by atoms with Crippen molar-refractivity contribution in [2.45, 2.75) is 65.1 Å². The van der Waals surface area contributed by atoms with Crippen LogP contribution in [0.15, 0.2) is 0 Å². The van der Waals surface area contributed by atoms with Crippen LogP contribution in [0.25, 0.3) is 0 Å². The molecular formula is C18H35N3O4S. The molecule has 1 rings (SSSR count). The molecule has 1 aliphatic rings. The summed E-state index contributed by atoms with van der Waals surface area (Å²) in [5.74, 6) is -0.375. The summed E-state index contributed by atoms with van der Waals surface area (Å²) in [6, 6.07) is -0.252. The van der Waals surface area contributed by atoms with Gasteiger partial charge in [0.1, 0.15) is 0 Å². The van der Waals surface area contributed by atoms with Gasteiger partial charge in [-0.2, -0.15) is 17.7 Å². The van der Waals surface area contributed by atoms with Gasteiger partial charge in [0, 0.05) is 30.7 Å². The van der Waals surface area contributed by atoms with Gasteiger partial charge in [-0.05, 0) is 12.3 Å². The molecule has 3 atom stereocenters. The van der Waals surface area contributed by atoms with E-state index in [-0.39, 0.29) is 36.8 Å². The van der Waals surface area contributed by atoms with Crippen molar-refractivity contribution in [2.75, 3.05) is 25.5 Å². The number of hydrogen-bond acceptors (Lipinski definition) is 7. The maximum Gasteiger partial charge on any atom is 0.350 e. The number of nitrogens with two attached hydrogens (primary N) is 1. The molecule has 0 bridgehead atoms. The Morgan fingerprint density at radius 1 is 1.50 bits per heavy atom. The second-order valence-corrected chi connectivity index (χ2v) is 7.78. The number of nitrogens with zero attached hydrogens (tertiary/aromatic N) is 1. The minimum atomic E-state index is -1.35. The smallest absolute Gasteiger partial charge is 0.350 e. The fraction of sp³-hybridized carbons (Fsp3) is 0.889. The first-order chi connectivity index (χ1) is 12.3. The summed E-state index contributed by atoms with van der Waals surface area (Å²) in [7, 11) is 0. The SMILES string of the molecule is CCCCCON(C(=O)CC(C)C)[C@@]1(NCC(N)CS)C(=O)OC[C@H]1C. The fourth-order valence-corrected chi connectivity index (χ4v) is 3.02. The number of carbonyl (C=O) groups excluding carboxylic acids is 2. The highest BCUT2D eigenvalue weighted by Crippen LogP contribution is 2.32. The van der Waals surface area contributed by atoms with Crippen LogP contribution in [-0.4, -0.2) is 54.2 Å². The van der Waals surface area contributed by atoms with Crippen molar-refractivity contribution in [2.24, 2.45) is 17.6 Å². The minimum absolute atomic E-state index is 0.147. The van der Waals surface area contributed by atoms with Crippen molar-refractivity contribution < 1.29 is 19.2 Å². The molecule has 26 heavy (non-hydrogen) atoms. The average molecular weight is 390 g/mol. The highest BCUT2D eigenvalue weighted by molar-refractivity contribution is 7.80. The number of nitrogens with one attached hydrogen (secondary N) is 1. The van der Waals surface area contributed by atoms with Gasteiger partial charge in [-0.1, -0.05) is 40.5 Å². The van der Waals surface area contributed by atoms with Crippen molar-refractivity contribution in [3.8, 4) is 0 Å². The Morgan fingerprint density at radius 2 is 2.19 bits per heavy atom. The third kappa shape index (κ3) is 5.84. The van der Waals surface area contributed by atoms with E-state index in [4.69, 9.17) is 15.3 Å². The molecule has 1 saturated heterocycles.